The second kappa shape index (κ2) is 2.91. The van der Waals surface area contributed by atoms with Crippen LogP contribution in [-0.4, -0.2) is 31.2 Å². The molecule has 0 bridgehead atoms. The van der Waals surface area contributed by atoms with E-state index in [1.807, 2.05) is 13.8 Å². The van der Waals surface area contributed by atoms with Crippen LogP contribution in [0.25, 0.3) is 0 Å². The molecule has 0 radical (unpaired) electrons. The van der Waals surface area contributed by atoms with Crippen molar-refractivity contribution in [2.45, 2.75) is 38.1 Å². The average molecular weight is 158 g/mol. The molecular formula is C8H14O3. The Kier molecular flexibility index (Phi) is 2.30. The summed E-state index contributed by atoms with van der Waals surface area (Å²) in [7, 11) is 1.61. The molecule has 1 rings (SSSR count). The molecule has 0 saturated carbocycles. The van der Waals surface area contributed by atoms with Crippen LogP contribution < -0.4 is 0 Å². The molecule has 3 atom stereocenters. The maximum atomic E-state index is 10.3. The van der Waals surface area contributed by atoms with Gasteiger partial charge in [0.05, 0.1) is 6.10 Å². The number of carbonyl (C=O) groups excluding carboxylic acids is 1. The number of aldehydes is 1. The van der Waals surface area contributed by atoms with E-state index in [1.54, 1.807) is 7.11 Å². The fourth-order valence-corrected chi connectivity index (χ4v) is 1.31. The quantitative estimate of drug-likeness (QED) is 0.448. The Balaban J connectivity index is 2.52. The normalized spacial score (nSPS) is 34.5. The Morgan fingerprint density at radius 3 is 2.55 bits per heavy atom. The molecule has 1 aliphatic heterocycles. The molecule has 0 N–H and O–H groups in total. The number of methoxy groups -OCH3 is 1. The standard InChI is InChI=1S/C8H14O3/c1-6-7(11-6)8(2,10-3)4-5-9/h5-7H,4H2,1-3H3. The van der Waals surface area contributed by atoms with Gasteiger partial charge in [-0.2, -0.15) is 0 Å². The van der Waals surface area contributed by atoms with Gasteiger partial charge in [-0.25, -0.2) is 0 Å². The minimum absolute atomic E-state index is 0.0951. The monoisotopic (exact) mass is 158 g/mol. The molecule has 0 amide bonds. The van der Waals surface area contributed by atoms with Crippen molar-refractivity contribution in [3.63, 3.8) is 0 Å². The molecule has 0 aromatic heterocycles. The Morgan fingerprint density at radius 2 is 2.27 bits per heavy atom. The lowest BCUT2D eigenvalue weighted by molar-refractivity contribution is -0.114. The molecule has 3 nitrogen and oxygen atoms in total. The summed E-state index contributed by atoms with van der Waals surface area (Å²) in [5.74, 6) is 0. The van der Waals surface area contributed by atoms with Gasteiger partial charge < -0.3 is 14.3 Å². The number of epoxide rings is 1. The van der Waals surface area contributed by atoms with E-state index >= 15 is 0 Å². The Morgan fingerprint density at radius 1 is 1.73 bits per heavy atom. The molecule has 1 fully saturated rings. The minimum atomic E-state index is -0.416. The summed E-state index contributed by atoms with van der Waals surface area (Å²) in [6.07, 6.45) is 1.61. The zero-order valence-electron chi connectivity index (χ0n) is 7.16. The van der Waals surface area contributed by atoms with Gasteiger partial charge in [-0.3, -0.25) is 0 Å². The first-order valence-corrected chi connectivity index (χ1v) is 3.78. The second-order valence-electron chi connectivity index (χ2n) is 3.15. The molecule has 11 heavy (non-hydrogen) atoms. The van der Waals surface area contributed by atoms with Gasteiger partial charge in [-0.05, 0) is 13.8 Å². The van der Waals surface area contributed by atoms with Crippen molar-refractivity contribution in [2.75, 3.05) is 7.11 Å². The molecule has 64 valence electrons. The van der Waals surface area contributed by atoms with Crippen LogP contribution in [-0.2, 0) is 14.3 Å². The fraction of sp³-hybridized carbons (Fsp3) is 0.875. The van der Waals surface area contributed by atoms with Crippen molar-refractivity contribution in [3.05, 3.63) is 0 Å². The third-order valence-corrected chi connectivity index (χ3v) is 2.27. The van der Waals surface area contributed by atoms with Gasteiger partial charge >= 0.3 is 0 Å². The summed E-state index contributed by atoms with van der Waals surface area (Å²) < 4.78 is 10.5. The van der Waals surface area contributed by atoms with Crippen molar-refractivity contribution >= 4 is 6.29 Å². The number of ether oxygens (including phenoxy) is 2. The lowest BCUT2D eigenvalue weighted by Crippen LogP contribution is -2.35. The SMILES string of the molecule is COC(C)(CC=O)C1OC1C. The largest absolute Gasteiger partial charge is 0.375 e. The fourth-order valence-electron chi connectivity index (χ4n) is 1.31. The van der Waals surface area contributed by atoms with E-state index in [1.165, 1.54) is 0 Å². The van der Waals surface area contributed by atoms with E-state index in [-0.39, 0.29) is 12.2 Å². The van der Waals surface area contributed by atoms with Gasteiger partial charge in [-0.15, -0.1) is 0 Å². The number of hydrogen-bond donors (Lipinski definition) is 0. The zero-order chi connectivity index (χ0) is 8.48. The molecule has 1 aliphatic rings. The third kappa shape index (κ3) is 1.60. The molecular weight excluding hydrogens is 144 g/mol. The van der Waals surface area contributed by atoms with Crippen molar-refractivity contribution in [1.29, 1.82) is 0 Å². The summed E-state index contributed by atoms with van der Waals surface area (Å²) in [6.45, 7) is 3.88. The first kappa shape index (κ1) is 8.68. The van der Waals surface area contributed by atoms with E-state index in [2.05, 4.69) is 0 Å². The van der Waals surface area contributed by atoms with Crippen LogP contribution in [0.5, 0.6) is 0 Å². The zero-order valence-corrected chi connectivity index (χ0v) is 7.16. The maximum absolute atomic E-state index is 10.3. The minimum Gasteiger partial charge on any atom is -0.375 e. The number of rotatable bonds is 4. The molecule has 3 unspecified atom stereocenters. The predicted octanol–water partition coefficient (Wildman–Crippen LogP) is 0.768. The number of hydrogen-bond acceptors (Lipinski definition) is 3. The number of carbonyl (C=O) groups is 1. The van der Waals surface area contributed by atoms with Crippen LogP contribution in [0.2, 0.25) is 0 Å². The summed E-state index contributed by atoms with van der Waals surface area (Å²) >= 11 is 0. The average Bonchev–Trinajstić information content (AvgIpc) is 2.68. The van der Waals surface area contributed by atoms with Crippen LogP contribution in [0.15, 0.2) is 0 Å². The first-order valence-electron chi connectivity index (χ1n) is 3.78. The first-order chi connectivity index (χ1) is 5.14. The Labute approximate surface area is 66.7 Å². The van der Waals surface area contributed by atoms with Gasteiger partial charge in [0.25, 0.3) is 0 Å². The van der Waals surface area contributed by atoms with Gasteiger partial charge in [0.2, 0.25) is 0 Å². The Bertz CT molecular complexity index is 157. The molecule has 0 aromatic rings. The molecule has 1 heterocycles. The molecule has 0 aliphatic carbocycles. The van der Waals surface area contributed by atoms with Crippen LogP contribution in [0.1, 0.15) is 20.3 Å². The topological polar surface area (TPSA) is 38.8 Å². The second-order valence-corrected chi connectivity index (χ2v) is 3.15. The predicted molar refractivity (Wildman–Crippen MR) is 40.4 cm³/mol. The van der Waals surface area contributed by atoms with Gasteiger partial charge in [-0.1, -0.05) is 0 Å². The summed E-state index contributed by atoms with van der Waals surface area (Å²) in [4.78, 5) is 10.3. The highest BCUT2D eigenvalue weighted by Crippen LogP contribution is 2.35. The van der Waals surface area contributed by atoms with Crippen LogP contribution in [0.3, 0.4) is 0 Å². The van der Waals surface area contributed by atoms with Crippen molar-refractivity contribution in [3.8, 4) is 0 Å². The highest BCUT2D eigenvalue weighted by molar-refractivity contribution is 5.51. The third-order valence-electron chi connectivity index (χ3n) is 2.27. The summed E-state index contributed by atoms with van der Waals surface area (Å²) in [6, 6.07) is 0. The van der Waals surface area contributed by atoms with Gasteiger partial charge in [0.15, 0.2) is 0 Å². The van der Waals surface area contributed by atoms with Crippen LogP contribution >= 0.6 is 0 Å². The van der Waals surface area contributed by atoms with E-state index < -0.39 is 5.60 Å². The molecule has 0 aromatic carbocycles. The van der Waals surface area contributed by atoms with Crippen molar-refractivity contribution < 1.29 is 14.3 Å². The Hall–Kier alpha value is -0.410. The summed E-state index contributed by atoms with van der Waals surface area (Å²) in [5.41, 5.74) is -0.416. The van der Waals surface area contributed by atoms with Crippen LogP contribution in [0.4, 0.5) is 0 Å². The highest BCUT2D eigenvalue weighted by atomic mass is 16.6. The van der Waals surface area contributed by atoms with Gasteiger partial charge in [0.1, 0.15) is 18.0 Å². The van der Waals surface area contributed by atoms with E-state index in [0.717, 1.165) is 6.29 Å². The van der Waals surface area contributed by atoms with E-state index in [0.29, 0.717) is 6.42 Å². The molecule has 1 saturated heterocycles. The maximum Gasteiger partial charge on any atom is 0.122 e. The summed E-state index contributed by atoms with van der Waals surface area (Å²) in [5, 5.41) is 0. The highest BCUT2D eigenvalue weighted by Gasteiger charge is 2.49. The van der Waals surface area contributed by atoms with Crippen LogP contribution in [0, 0.1) is 0 Å². The lowest BCUT2D eigenvalue weighted by atomic mass is 9.97. The molecule has 0 spiro atoms. The van der Waals surface area contributed by atoms with Crippen molar-refractivity contribution in [2.24, 2.45) is 0 Å². The smallest absolute Gasteiger partial charge is 0.122 e. The van der Waals surface area contributed by atoms with Gasteiger partial charge in [0, 0.05) is 13.5 Å². The lowest BCUT2D eigenvalue weighted by Gasteiger charge is -2.23. The molecule has 3 heteroatoms. The van der Waals surface area contributed by atoms with Crippen molar-refractivity contribution in [1.82, 2.24) is 0 Å². The van der Waals surface area contributed by atoms with E-state index in [9.17, 15) is 4.79 Å². The van der Waals surface area contributed by atoms with E-state index in [4.69, 9.17) is 9.47 Å².